The molecule has 0 spiro atoms. The summed E-state index contributed by atoms with van der Waals surface area (Å²) in [6, 6.07) is 7.95. The lowest BCUT2D eigenvalue weighted by Crippen LogP contribution is -2.60. The van der Waals surface area contributed by atoms with Crippen LogP contribution in [0.1, 0.15) is 54.3 Å². The van der Waals surface area contributed by atoms with Crippen LogP contribution in [0.3, 0.4) is 0 Å². The van der Waals surface area contributed by atoms with Crippen molar-refractivity contribution in [3.63, 3.8) is 0 Å². The summed E-state index contributed by atoms with van der Waals surface area (Å²) in [5, 5.41) is 17.9. The Morgan fingerprint density at radius 2 is 1.69 bits per heavy atom. The molecule has 2 aromatic carbocycles. The first kappa shape index (κ1) is 30.4. The van der Waals surface area contributed by atoms with Gasteiger partial charge in [-0.2, -0.15) is 5.10 Å². The highest BCUT2D eigenvalue weighted by atomic mass is 16.6. The zero-order chi connectivity index (χ0) is 32.8. The van der Waals surface area contributed by atoms with Crippen molar-refractivity contribution in [2.45, 2.75) is 65.1 Å². The molecule has 0 radical (unpaired) electrons. The van der Waals surface area contributed by atoms with Crippen LogP contribution in [-0.2, 0) is 31.3 Å². The van der Waals surface area contributed by atoms with Crippen LogP contribution < -0.4 is 15.9 Å². The van der Waals surface area contributed by atoms with Gasteiger partial charge in [0.2, 0.25) is 0 Å². The van der Waals surface area contributed by atoms with Crippen molar-refractivity contribution in [1.82, 2.24) is 28.5 Å². The van der Waals surface area contributed by atoms with Gasteiger partial charge >= 0.3 is 11.8 Å². The summed E-state index contributed by atoms with van der Waals surface area (Å²) in [7, 11) is 5.38. The molecule has 1 saturated heterocycles. The molecule has 1 aliphatic rings. The largest absolute Gasteiger partial charge is 0.444 e. The highest BCUT2D eigenvalue weighted by molar-refractivity contribution is 5.99. The number of benzene rings is 2. The van der Waals surface area contributed by atoms with Crippen LogP contribution in [0.25, 0.3) is 38.9 Å². The van der Waals surface area contributed by atoms with Gasteiger partial charge in [-0.3, -0.25) is 23.7 Å². The summed E-state index contributed by atoms with van der Waals surface area (Å²) < 4.78 is 12.7. The maximum atomic E-state index is 13.1. The summed E-state index contributed by atoms with van der Waals surface area (Å²) in [6.07, 6.45) is 3.07. The number of nitrogens with zero attached hydrogens (tertiary/aromatic N) is 7. The molecule has 0 saturated carbocycles. The molecule has 1 amide bonds. The van der Waals surface area contributed by atoms with Crippen LogP contribution in [0.4, 0.5) is 16.2 Å². The van der Waals surface area contributed by atoms with E-state index in [0.717, 1.165) is 50.4 Å². The van der Waals surface area contributed by atoms with E-state index in [1.54, 1.807) is 34.1 Å². The number of hydrogen-bond acceptors (Lipinski definition) is 7. The minimum Gasteiger partial charge on any atom is -0.444 e. The molecule has 0 aliphatic carbocycles. The number of nitrogens with one attached hydrogen (secondary N) is 1. The number of β-amino-alcohol motifs (C(OH)–C–C–N with tert-alkyl or cyclic N) is 1. The summed E-state index contributed by atoms with van der Waals surface area (Å²) in [4.78, 5) is 33.4. The first-order chi connectivity index (χ1) is 20.8. The predicted molar refractivity (Wildman–Crippen MR) is 176 cm³/mol. The number of amides is 1. The molecule has 0 bridgehead atoms. The number of aliphatic hydroxyl groups is 1. The Hall–Kier alpha value is -4.58. The Bertz CT molecular complexity index is 2040. The lowest BCUT2D eigenvalue weighted by molar-refractivity contribution is 0.0311. The lowest BCUT2D eigenvalue weighted by Gasteiger charge is -2.46. The molecule has 6 rings (SSSR count). The fourth-order valence-corrected chi connectivity index (χ4v) is 6.13. The third kappa shape index (κ3) is 5.37. The number of aromatic nitrogens is 6. The smallest absolute Gasteiger partial charge is 0.412 e. The lowest BCUT2D eigenvalue weighted by atomic mass is 9.95. The van der Waals surface area contributed by atoms with Crippen LogP contribution in [-0.4, -0.2) is 64.0 Å². The third-order valence-corrected chi connectivity index (χ3v) is 8.10. The summed E-state index contributed by atoms with van der Waals surface area (Å²) in [6.45, 7) is 14.5. The highest BCUT2D eigenvalue weighted by Gasteiger charge is 2.38. The van der Waals surface area contributed by atoms with Crippen LogP contribution in [0, 0.1) is 0 Å². The average Bonchev–Trinajstić information content (AvgIpc) is 3.56. The van der Waals surface area contributed by atoms with Crippen molar-refractivity contribution in [3.8, 4) is 16.8 Å². The van der Waals surface area contributed by atoms with Gasteiger partial charge in [-0.25, -0.2) is 14.6 Å². The number of rotatable bonds is 4. The Morgan fingerprint density at radius 3 is 2.27 bits per heavy atom. The van der Waals surface area contributed by atoms with E-state index in [-0.39, 0.29) is 11.1 Å². The molecule has 1 fully saturated rings. The topological polar surface area (TPSA) is 124 Å². The van der Waals surface area contributed by atoms with Crippen LogP contribution >= 0.6 is 0 Å². The van der Waals surface area contributed by atoms with Gasteiger partial charge in [0.1, 0.15) is 11.4 Å². The van der Waals surface area contributed by atoms with Crippen molar-refractivity contribution in [3.05, 3.63) is 53.0 Å². The number of carbonyl (C=O) groups excluding carboxylic acids is 1. The van der Waals surface area contributed by atoms with E-state index in [1.165, 1.54) is 0 Å². The maximum absolute atomic E-state index is 13.1. The number of anilines is 2. The Labute approximate surface area is 261 Å². The van der Waals surface area contributed by atoms with Crippen molar-refractivity contribution in [2.24, 2.45) is 21.1 Å². The zero-order valence-electron chi connectivity index (χ0n) is 27.7. The normalized spacial score (nSPS) is 15.1. The minimum absolute atomic E-state index is 0.132. The molecule has 0 atom stereocenters. The van der Waals surface area contributed by atoms with Crippen molar-refractivity contribution < 1.29 is 14.6 Å². The second kappa shape index (κ2) is 9.96. The number of imidazole rings is 2. The van der Waals surface area contributed by atoms with Gasteiger partial charge in [-0.1, -0.05) is 20.8 Å². The highest BCUT2D eigenvalue weighted by Crippen LogP contribution is 2.40. The number of hydrogen-bond donors (Lipinski definition) is 2. The van der Waals surface area contributed by atoms with E-state index in [2.05, 4.69) is 46.7 Å². The molecule has 12 nitrogen and oxygen atoms in total. The van der Waals surface area contributed by atoms with Crippen LogP contribution in [0.15, 0.2) is 41.5 Å². The van der Waals surface area contributed by atoms with Gasteiger partial charge in [0.15, 0.2) is 0 Å². The predicted octanol–water partition coefficient (Wildman–Crippen LogP) is 4.83. The van der Waals surface area contributed by atoms with Crippen molar-refractivity contribution in [1.29, 1.82) is 0 Å². The molecular formula is C33H42N8O4. The molecule has 1 aliphatic heterocycles. The van der Waals surface area contributed by atoms with E-state index in [0.29, 0.717) is 18.8 Å². The monoisotopic (exact) mass is 614 g/mol. The van der Waals surface area contributed by atoms with Crippen LogP contribution in [0.5, 0.6) is 0 Å². The Kier molecular flexibility index (Phi) is 6.74. The summed E-state index contributed by atoms with van der Waals surface area (Å²) in [5.74, 6) is 0.811. The standard InChI is InChI=1S/C33H42N8O4/c1-31(2,3)28-35-23-13-21(19-15-34-37(8)16-19)22(36-29(42)45-32(4,5)6)14-24(23)41(28)20-11-25-27(39(10)30(43)38(25)9)26(12-20)40-17-33(7,44)18-40/h11-16,44H,17-18H2,1-10H3,(H,36,42). The SMILES string of the molecule is Cn1cc(-c2cc3nc(C(C)(C)C)n(-c4cc(N5CC(C)(O)C5)c5c(c4)n(C)c(=O)n5C)c3cc2NC(=O)OC(C)(C)C)cn1. The van der Waals surface area contributed by atoms with E-state index in [1.807, 2.05) is 59.1 Å². The first-order valence-corrected chi connectivity index (χ1v) is 15.1. The number of fused-ring (bicyclic) bond motifs is 2. The maximum Gasteiger partial charge on any atom is 0.412 e. The molecule has 45 heavy (non-hydrogen) atoms. The Morgan fingerprint density at radius 1 is 1.00 bits per heavy atom. The summed E-state index contributed by atoms with van der Waals surface area (Å²) in [5.41, 5.74) is 4.91. The number of aryl methyl sites for hydroxylation is 3. The van der Waals surface area contributed by atoms with Crippen molar-refractivity contribution in [2.75, 3.05) is 23.3 Å². The van der Waals surface area contributed by atoms with E-state index in [9.17, 15) is 14.7 Å². The number of carbonyl (C=O) groups is 1. The second-order valence-corrected chi connectivity index (χ2v) is 14.5. The molecule has 5 aromatic rings. The molecule has 238 valence electrons. The minimum atomic E-state index is -0.806. The first-order valence-electron chi connectivity index (χ1n) is 15.1. The molecule has 2 N–H and O–H groups in total. The molecule has 3 aromatic heterocycles. The van der Waals surface area contributed by atoms with Gasteiger partial charge < -0.3 is 14.7 Å². The average molecular weight is 615 g/mol. The molecular weight excluding hydrogens is 572 g/mol. The van der Waals surface area contributed by atoms with Crippen molar-refractivity contribution >= 4 is 39.5 Å². The molecule has 0 unspecified atom stereocenters. The van der Waals surface area contributed by atoms with Crippen LogP contribution in [0.2, 0.25) is 0 Å². The van der Waals surface area contributed by atoms with Gasteiger partial charge in [-0.15, -0.1) is 0 Å². The summed E-state index contributed by atoms with van der Waals surface area (Å²) >= 11 is 0. The van der Waals surface area contributed by atoms with E-state index >= 15 is 0 Å². The number of ether oxygens (including phenoxy) is 1. The van der Waals surface area contributed by atoms with E-state index in [4.69, 9.17) is 9.72 Å². The Balaban J connectivity index is 1.64. The molecule has 4 heterocycles. The fraction of sp³-hybridized carbons (Fsp3) is 0.455. The quantitative estimate of drug-likeness (QED) is 0.297. The third-order valence-electron chi connectivity index (χ3n) is 8.10. The molecule has 12 heteroatoms. The van der Waals surface area contributed by atoms with Gasteiger partial charge in [0, 0.05) is 57.0 Å². The fourth-order valence-electron chi connectivity index (χ4n) is 6.13. The zero-order valence-corrected chi connectivity index (χ0v) is 27.7. The van der Waals surface area contributed by atoms with Gasteiger partial charge in [0.25, 0.3) is 0 Å². The van der Waals surface area contributed by atoms with Gasteiger partial charge in [0.05, 0.1) is 50.9 Å². The second-order valence-electron chi connectivity index (χ2n) is 14.5. The van der Waals surface area contributed by atoms with Gasteiger partial charge in [-0.05, 0) is 52.0 Å². The van der Waals surface area contributed by atoms with E-state index < -0.39 is 17.3 Å².